The molecule has 3 heterocycles. The summed E-state index contributed by atoms with van der Waals surface area (Å²) in [5.74, 6) is 0.473. The smallest absolute Gasteiger partial charge is 0.321 e. The van der Waals surface area contributed by atoms with Gasteiger partial charge >= 0.3 is 6.03 Å². The highest BCUT2D eigenvalue weighted by molar-refractivity contribution is 5.98. The number of aromatic amines is 1. The van der Waals surface area contributed by atoms with Crippen molar-refractivity contribution in [2.45, 2.75) is 12.6 Å². The molecule has 4 amide bonds. The van der Waals surface area contributed by atoms with Crippen molar-refractivity contribution < 1.29 is 19.1 Å². The molecule has 9 nitrogen and oxygen atoms in total. The van der Waals surface area contributed by atoms with E-state index in [1.165, 1.54) is 0 Å². The SMILES string of the molecule is COc1ccc2c(c1)C(=O)N(C[C@H](NC(=O)NC=O)c1cc3ccncc3[nH]1)C2. The first-order chi connectivity index (χ1) is 14.1. The van der Waals surface area contributed by atoms with Crippen molar-refractivity contribution in [2.24, 2.45) is 0 Å². The summed E-state index contributed by atoms with van der Waals surface area (Å²) in [6, 6.07) is 7.93. The van der Waals surface area contributed by atoms with Gasteiger partial charge in [0.2, 0.25) is 6.41 Å². The van der Waals surface area contributed by atoms with E-state index in [0.717, 1.165) is 16.5 Å². The number of methoxy groups -OCH3 is 1. The predicted octanol–water partition coefficient (Wildman–Crippen LogP) is 1.72. The zero-order chi connectivity index (χ0) is 20.4. The Balaban J connectivity index is 1.61. The molecule has 0 saturated carbocycles. The van der Waals surface area contributed by atoms with E-state index in [9.17, 15) is 14.4 Å². The lowest BCUT2D eigenvalue weighted by molar-refractivity contribution is -0.108. The van der Waals surface area contributed by atoms with Crippen LogP contribution in [0.5, 0.6) is 5.75 Å². The van der Waals surface area contributed by atoms with Gasteiger partial charge < -0.3 is 19.9 Å². The minimum absolute atomic E-state index is 0.140. The number of rotatable bonds is 6. The molecule has 0 aliphatic carbocycles. The molecule has 3 N–H and O–H groups in total. The fraction of sp³-hybridized carbons (Fsp3) is 0.200. The lowest BCUT2D eigenvalue weighted by atomic mass is 10.1. The third-order valence-corrected chi connectivity index (χ3v) is 4.91. The van der Waals surface area contributed by atoms with Gasteiger partial charge in [0, 0.05) is 35.9 Å². The number of benzene rings is 1. The fourth-order valence-electron chi connectivity index (χ4n) is 3.49. The molecule has 0 bridgehead atoms. The Morgan fingerprint density at radius 1 is 1.38 bits per heavy atom. The summed E-state index contributed by atoms with van der Waals surface area (Å²) in [7, 11) is 1.55. The Bertz CT molecular complexity index is 1060. The van der Waals surface area contributed by atoms with Gasteiger partial charge in [0.1, 0.15) is 5.75 Å². The molecule has 1 aliphatic heterocycles. The first-order valence-electron chi connectivity index (χ1n) is 8.98. The molecule has 2 aromatic heterocycles. The van der Waals surface area contributed by atoms with Gasteiger partial charge in [-0.05, 0) is 29.8 Å². The van der Waals surface area contributed by atoms with Crippen LogP contribution in [-0.4, -0.2) is 46.9 Å². The van der Waals surface area contributed by atoms with Crippen LogP contribution in [-0.2, 0) is 11.3 Å². The zero-order valence-corrected chi connectivity index (χ0v) is 15.6. The molecule has 0 unspecified atom stereocenters. The van der Waals surface area contributed by atoms with E-state index >= 15 is 0 Å². The van der Waals surface area contributed by atoms with Gasteiger partial charge in [0.25, 0.3) is 5.91 Å². The first kappa shape index (κ1) is 18.5. The summed E-state index contributed by atoms with van der Waals surface area (Å²) in [5.41, 5.74) is 3.00. The maximum atomic E-state index is 12.9. The Morgan fingerprint density at radius 2 is 2.24 bits per heavy atom. The van der Waals surface area contributed by atoms with Crippen molar-refractivity contribution in [1.29, 1.82) is 0 Å². The summed E-state index contributed by atoms with van der Waals surface area (Å²) in [4.78, 5) is 44.4. The van der Waals surface area contributed by atoms with E-state index in [1.807, 2.05) is 24.3 Å². The number of amides is 4. The Labute approximate surface area is 166 Å². The number of aromatic nitrogens is 2. The number of carbonyl (C=O) groups excluding carboxylic acids is 3. The second-order valence-corrected chi connectivity index (χ2v) is 6.68. The van der Waals surface area contributed by atoms with Gasteiger partial charge in [-0.1, -0.05) is 6.07 Å². The third-order valence-electron chi connectivity index (χ3n) is 4.91. The molecule has 1 atom stereocenters. The number of ether oxygens (including phenoxy) is 1. The van der Waals surface area contributed by atoms with Crippen LogP contribution in [0, 0.1) is 0 Å². The number of H-pyrrole nitrogens is 1. The minimum Gasteiger partial charge on any atom is -0.497 e. The van der Waals surface area contributed by atoms with Crippen LogP contribution < -0.4 is 15.4 Å². The quantitative estimate of drug-likeness (QED) is 0.552. The number of hydrogen-bond donors (Lipinski definition) is 3. The van der Waals surface area contributed by atoms with Crippen LogP contribution >= 0.6 is 0 Å². The fourth-order valence-corrected chi connectivity index (χ4v) is 3.49. The summed E-state index contributed by atoms with van der Waals surface area (Å²) in [6.07, 6.45) is 3.67. The Hall–Kier alpha value is -3.88. The van der Waals surface area contributed by atoms with Gasteiger partial charge in [-0.25, -0.2) is 4.79 Å². The van der Waals surface area contributed by atoms with E-state index in [2.05, 4.69) is 20.6 Å². The number of fused-ring (bicyclic) bond motifs is 2. The summed E-state index contributed by atoms with van der Waals surface area (Å²) >= 11 is 0. The summed E-state index contributed by atoms with van der Waals surface area (Å²) in [5, 5.41) is 5.74. The number of nitrogens with zero attached hydrogens (tertiary/aromatic N) is 2. The van der Waals surface area contributed by atoms with Crippen LogP contribution in [0.2, 0.25) is 0 Å². The van der Waals surface area contributed by atoms with E-state index < -0.39 is 12.1 Å². The van der Waals surface area contributed by atoms with E-state index in [0.29, 0.717) is 30.0 Å². The van der Waals surface area contributed by atoms with Gasteiger partial charge in [0.05, 0.1) is 24.9 Å². The summed E-state index contributed by atoms with van der Waals surface area (Å²) < 4.78 is 5.21. The molecule has 1 aliphatic rings. The van der Waals surface area contributed by atoms with Crippen LogP contribution in [0.4, 0.5) is 4.79 Å². The molecule has 0 spiro atoms. The van der Waals surface area contributed by atoms with Gasteiger partial charge in [-0.2, -0.15) is 0 Å². The van der Waals surface area contributed by atoms with Crippen LogP contribution in [0.15, 0.2) is 42.7 Å². The average molecular weight is 393 g/mol. The lowest BCUT2D eigenvalue weighted by Gasteiger charge is -2.24. The molecule has 9 heteroatoms. The third kappa shape index (κ3) is 3.62. The number of pyridine rings is 1. The maximum absolute atomic E-state index is 12.9. The second kappa shape index (κ2) is 7.63. The lowest BCUT2D eigenvalue weighted by Crippen LogP contribution is -2.42. The molecule has 0 fully saturated rings. The maximum Gasteiger partial charge on any atom is 0.321 e. The topological polar surface area (TPSA) is 116 Å². The molecule has 4 rings (SSSR count). The van der Waals surface area contributed by atoms with Crippen molar-refractivity contribution in [3.8, 4) is 5.75 Å². The van der Waals surface area contributed by atoms with Crippen molar-refractivity contribution in [2.75, 3.05) is 13.7 Å². The summed E-state index contributed by atoms with van der Waals surface area (Å²) in [6.45, 7) is 0.649. The Morgan fingerprint density at radius 3 is 3.00 bits per heavy atom. The molecular formula is C20H19N5O4. The molecular weight excluding hydrogens is 374 g/mol. The standard InChI is InChI=1S/C20H19N5O4/c1-29-14-3-2-13-9-25(19(27)15(13)7-14)10-18(24-20(28)22-11-26)16-6-12-4-5-21-8-17(12)23-16/h2-8,11,18,23H,9-10H2,1H3,(H2,22,24,26,28)/t18-/m0/s1. The van der Waals surface area contributed by atoms with E-state index in [-0.39, 0.29) is 12.5 Å². The normalized spacial score (nSPS) is 13.8. The van der Waals surface area contributed by atoms with Crippen molar-refractivity contribution in [3.63, 3.8) is 0 Å². The Kier molecular flexibility index (Phi) is 4.86. The highest BCUT2D eigenvalue weighted by Gasteiger charge is 2.31. The van der Waals surface area contributed by atoms with Crippen molar-refractivity contribution in [1.82, 2.24) is 25.5 Å². The predicted molar refractivity (Wildman–Crippen MR) is 104 cm³/mol. The number of urea groups is 1. The molecule has 3 aromatic rings. The molecule has 0 radical (unpaired) electrons. The van der Waals surface area contributed by atoms with Gasteiger partial charge in [-0.15, -0.1) is 0 Å². The highest BCUT2D eigenvalue weighted by Crippen LogP contribution is 2.29. The van der Waals surface area contributed by atoms with E-state index in [1.54, 1.807) is 30.5 Å². The second-order valence-electron chi connectivity index (χ2n) is 6.68. The highest BCUT2D eigenvalue weighted by atomic mass is 16.5. The van der Waals surface area contributed by atoms with E-state index in [4.69, 9.17) is 4.74 Å². The number of hydrogen-bond acceptors (Lipinski definition) is 5. The largest absolute Gasteiger partial charge is 0.497 e. The molecule has 0 saturated heterocycles. The van der Waals surface area contributed by atoms with Gasteiger partial charge in [0.15, 0.2) is 0 Å². The van der Waals surface area contributed by atoms with Crippen molar-refractivity contribution >= 4 is 29.3 Å². The number of imide groups is 1. The number of carbonyl (C=O) groups is 3. The van der Waals surface area contributed by atoms with Crippen LogP contribution in [0.1, 0.15) is 27.7 Å². The van der Waals surface area contributed by atoms with Crippen LogP contribution in [0.25, 0.3) is 10.9 Å². The van der Waals surface area contributed by atoms with Crippen LogP contribution in [0.3, 0.4) is 0 Å². The monoisotopic (exact) mass is 393 g/mol. The minimum atomic E-state index is -0.646. The first-order valence-corrected chi connectivity index (χ1v) is 8.98. The van der Waals surface area contributed by atoms with Crippen molar-refractivity contribution in [3.05, 3.63) is 59.5 Å². The average Bonchev–Trinajstić information content (AvgIpc) is 3.29. The molecule has 1 aromatic carbocycles. The number of nitrogens with one attached hydrogen (secondary N) is 3. The molecule has 148 valence electrons. The molecule has 29 heavy (non-hydrogen) atoms. The zero-order valence-electron chi connectivity index (χ0n) is 15.6. The van der Waals surface area contributed by atoms with Gasteiger partial charge in [-0.3, -0.25) is 19.9 Å².